The van der Waals surface area contributed by atoms with Gasteiger partial charge in [-0.1, -0.05) is 30.3 Å². The summed E-state index contributed by atoms with van der Waals surface area (Å²) < 4.78 is 0. The van der Waals surface area contributed by atoms with E-state index in [2.05, 4.69) is 42.8 Å². The molecule has 1 aliphatic rings. The Morgan fingerprint density at radius 2 is 1.77 bits per heavy atom. The Hall–Kier alpha value is -1.39. The summed E-state index contributed by atoms with van der Waals surface area (Å²) in [6, 6.07) is 10.5. The van der Waals surface area contributed by atoms with Crippen LogP contribution < -0.4 is 0 Å². The maximum atomic E-state index is 12.6. The molecule has 22 heavy (non-hydrogen) atoms. The summed E-state index contributed by atoms with van der Waals surface area (Å²) >= 11 is 0. The van der Waals surface area contributed by atoms with Crippen LogP contribution in [0.1, 0.15) is 25.8 Å². The lowest BCUT2D eigenvalue weighted by molar-refractivity contribution is -0.134. The van der Waals surface area contributed by atoms with Crippen LogP contribution in [0.15, 0.2) is 30.3 Å². The fourth-order valence-corrected chi connectivity index (χ4v) is 2.81. The molecule has 0 radical (unpaired) electrons. The molecule has 1 aromatic carbocycles. The van der Waals surface area contributed by atoms with Gasteiger partial charge >= 0.3 is 0 Å². The van der Waals surface area contributed by atoms with E-state index in [0.717, 1.165) is 32.7 Å². The van der Waals surface area contributed by atoms with E-state index in [0.29, 0.717) is 13.0 Å². The second-order valence-electron chi connectivity index (χ2n) is 6.50. The quantitative estimate of drug-likeness (QED) is 0.805. The minimum Gasteiger partial charge on any atom is -0.336 e. The minimum absolute atomic E-state index is 0.236. The first-order chi connectivity index (χ1) is 10.6. The van der Waals surface area contributed by atoms with Crippen molar-refractivity contribution < 1.29 is 4.79 Å². The van der Waals surface area contributed by atoms with Crippen LogP contribution in [0.5, 0.6) is 0 Å². The average Bonchev–Trinajstić information content (AvgIpc) is 2.52. The average molecular weight is 303 g/mol. The zero-order valence-corrected chi connectivity index (χ0v) is 14.2. The molecule has 0 aromatic heterocycles. The number of carbonyl (C=O) groups is 1. The summed E-state index contributed by atoms with van der Waals surface area (Å²) in [5.41, 5.74) is 1.20. The number of benzene rings is 1. The maximum Gasteiger partial charge on any atom is 0.224 e. The Bertz CT molecular complexity index is 453. The summed E-state index contributed by atoms with van der Waals surface area (Å²) in [6.45, 7) is 10.1. The van der Waals surface area contributed by atoms with Gasteiger partial charge in [0.1, 0.15) is 0 Å². The molecule has 0 unspecified atom stereocenters. The SMILES string of the molecule is CC(C)N(Cc1ccccc1)C(=O)CCN1CCN(C)CC1. The van der Waals surface area contributed by atoms with E-state index >= 15 is 0 Å². The highest BCUT2D eigenvalue weighted by molar-refractivity contribution is 5.76. The van der Waals surface area contributed by atoms with Crippen LogP contribution in [0.25, 0.3) is 0 Å². The van der Waals surface area contributed by atoms with E-state index in [1.807, 2.05) is 23.1 Å². The molecule has 122 valence electrons. The molecule has 1 saturated heterocycles. The van der Waals surface area contributed by atoms with Crippen molar-refractivity contribution in [3.63, 3.8) is 0 Å². The molecule has 2 rings (SSSR count). The highest BCUT2D eigenvalue weighted by Gasteiger charge is 2.19. The summed E-state index contributed by atoms with van der Waals surface area (Å²) in [7, 11) is 2.16. The third-order valence-corrected chi connectivity index (χ3v) is 4.38. The number of amides is 1. The van der Waals surface area contributed by atoms with Crippen LogP contribution in [0.3, 0.4) is 0 Å². The first-order valence-electron chi connectivity index (χ1n) is 8.30. The van der Waals surface area contributed by atoms with Crippen molar-refractivity contribution in [1.82, 2.24) is 14.7 Å². The van der Waals surface area contributed by atoms with Gasteiger partial charge in [0, 0.05) is 51.7 Å². The van der Waals surface area contributed by atoms with Crippen LogP contribution in [0.2, 0.25) is 0 Å². The van der Waals surface area contributed by atoms with E-state index in [1.165, 1.54) is 5.56 Å². The monoisotopic (exact) mass is 303 g/mol. The third-order valence-electron chi connectivity index (χ3n) is 4.38. The molecule has 1 fully saturated rings. The van der Waals surface area contributed by atoms with Crippen LogP contribution in [-0.4, -0.2) is 66.4 Å². The van der Waals surface area contributed by atoms with Gasteiger partial charge in [0.15, 0.2) is 0 Å². The summed E-state index contributed by atoms with van der Waals surface area (Å²) in [4.78, 5) is 19.3. The second kappa shape index (κ2) is 8.30. The van der Waals surface area contributed by atoms with E-state index in [-0.39, 0.29) is 11.9 Å². The largest absolute Gasteiger partial charge is 0.336 e. The lowest BCUT2D eigenvalue weighted by atomic mass is 10.1. The van der Waals surface area contributed by atoms with E-state index in [9.17, 15) is 4.79 Å². The maximum absolute atomic E-state index is 12.6. The van der Waals surface area contributed by atoms with Gasteiger partial charge in [-0.15, -0.1) is 0 Å². The second-order valence-corrected chi connectivity index (χ2v) is 6.50. The van der Waals surface area contributed by atoms with Crippen molar-refractivity contribution in [2.24, 2.45) is 0 Å². The standard InChI is InChI=1S/C18H29N3O/c1-16(2)21(15-17-7-5-4-6-8-17)18(22)9-10-20-13-11-19(3)12-14-20/h4-8,16H,9-15H2,1-3H3. The fraction of sp³-hybridized carbons (Fsp3) is 0.611. The molecule has 0 atom stereocenters. The van der Waals surface area contributed by atoms with Crippen LogP contribution >= 0.6 is 0 Å². The van der Waals surface area contributed by atoms with Gasteiger partial charge in [-0.2, -0.15) is 0 Å². The Morgan fingerprint density at radius 1 is 1.14 bits per heavy atom. The predicted molar refractivity (Wildman–Crippen MR) is 90.7 cm³/mol. The summed E-state index contributed by atoms with van der Waals surface area (Å²) in [6.07, 6.45) is 0.620. The number of hydrogen-bond donors (Lipinski definition) is 0. The lowest BCUT2D eigenvalue weighted by Gasteiger charge is -2.33. The molecule has 0 spiro atoms. The van der Waals surface area contributed by atoms with Crippen molar-refractivity contribution in [2.45, 2.75) is 32.9 Å². The van der Waals surface area contributed by atoms with E-state index in [1.54, 1.807) is 0 Å². The minimum atomic E-state index is 0.236. The van der Waals surface area contributed by atoms with Crippen molar-refractivity contribution >= 4 is 5.91 Å². The van der Waals surface area contributed by atoms with Crippen molar-refractivity contribution in [2.75, 3.05) is 39.8 Å². The van der Waals surface area contributed by atoms with Gasteiger partial charge in [-0.05, 0) is 26.5 Å². The predicted octanol–water partition coefficient (Wildman–Crippen LogP) is 2.06. The number of hydrogen-bond acceptors (Lipinski definition) is 3. The Balaban J connectivity index is 1.84. The van der Waals surface area contributed by atoms with Gasteiger partial charge in [0.05, 0.1) is 0 Å². The number of rotatable bonds is 6. The lowest BCUT2D eigenvalue weighted by Crippen LogP contribution is -2.46. The van der Waals surface area contributed by atoms with Crippen molar-refractivity contribution in [3.05, 3.63) is 35.9 Å². The fourth-order valence-electron chi connectivity index (χ4n) is 2.81. The molecule has 0 saturated carbocycles. The highest BCUT2D eigenvalue weighted by Crippen LogP contribution is 2.11. The van der Waals surface area contributed by atoms with Gasteiger partial charge < -0.3 is 14.7 Å². The number of nitrogens with zero attached hydrogens (tertiary/aromatic N) is 3. The molecular formula is C18H29N3O. The molecule has 0 aliphatic carbocycles. The Kier molecular flexibility index (Phi) is 6.40. The topological polar surface area (TPSA) is 26.8 Å². The zero-order chi connectivity index (χ0) is 15.9. The molecular weight excluding hydrogens is 274 g/mol. The normalized spacial score (nSPS) is 16.9. The first-order valence-corrected chi connectivity index (χ1v) is 8.30. The van der Waals surface area contributed by atoms with Crippen LogP contribution in [0, 0.1) is 0 Å². The molecule has 1 heterocycles. The van der Waals surface area contributed by atoms with Crippen LogP contribution in [0.4, 0.5) is 0 Å². The molecule has 0 N–H and O–H groups in total. The molecule has 0 bridgehead atoms. The smallest absolute Gasteiger partial charge is 0.224 e. The number of piperazine rings is 1. The van der Waals surface area contributed by atoms with E-state index in [4.69, 9.17) is 0 Å². The number of carbonyl (C=O) groups excluding carboxylic acids is 1. The highest BCUT2D eigenvalue weighted by atomic mass is 16.2. The Labute approximate surface area is 134 Å². The molecule has 4 nitrogen and oxygen atoms in total. The van der Waals surface area contributed by atoms with Gasteiger partial charge in [-0.3, -0.25) is 4.79 Å². The van der Waals surface area contributed by atoms with Crippen molar-refractivity contribution in [1.29, 1.82) is 0 Å². The van der Waals surface area contributed by atoms with E-state index < -0.39 is 0 Å². The van der Waals surface area contributed by atoms with Gasteiger partial charge in [-0.25, -0.2) is 0 Å². The van der Waals surface area contributed by atoms with Gasteiger partial charge in [0.2, 0.25) is 5.91 Å². The van der Waals surface area contributed by atoms with Crippen LogP contribution in [-0.2, 0) is 11.3 Å². The molecule has 1 aliphatic heterocycles. The molecule has 1 amide bonds. The molecule has 1 aromatic rings. The third kappa shape index (κ3) is 5.11. The zero-order valence-electron chi connectivity index (χ0n) is 14.2. The number of likely N-dealkylation sites (N-methyl/N-ethyl adjacent to an activating group) is 1. The summed E-state index contributed by atoms with van der Waals surface area (Å²) in [5, 5.41) is 0. The van der Waals surface area contributed by atoms with Crippen molar-refractivity contribution in [3.8, 4) is 0 Å². The summed E-state index contributed by atoms with van der Waals surface area (Å²) in [5.74, 6) is 0.262. The Morgan fingerprint density at radius 3 is 2.36 bits per heavy atom. The first kappa shape index (κ1) is 17.0. The van der Waals surface area contributed by atoms with Gasteiger partial charge in [0.25, 0.3) is 0 Å². The molecule has 4 heteroatoms.